The molecule has 0 fully saturated rings. The third-order valence-electron chi connectivity index (χ3n) is 3.12. The van der Waals surface area contributed by atoms with E-state index in [1.54, 1.807) is 0 Å². The smallest absolute Gasteiger partial charge is 0.303 e. The lowest BCUT2D eigenvalue weighted by atomic mass is 9.84. The second-order valence-corrected chi connectivity index (χ2v) is 5.28. The predicted octanol–water partition coefficient (Wildman–Crippen LogP) is -0.355. The van der Waals surface area contributed by atoms with E-state index in [1.165, 1.54) is 12.2 Å². The molecule has 0 saturated carbocycles. The molecule has 0 unspecified atom stereocenters. The van der Waals surface area contributed by atoms with Crippen molar-refractivity contribution in [3.8, 4) is 0 Å². The molecule has 0 saturated heterocycles. The first-order valence-electron chi connectivity index (χ1n) is 7.12. The zero-order chi connectivity index (χ0) is 18.5. The van der Waals surface area contributed by atoms with Gasteiger partial charge in [0.05, 0.1) is 0 Å². The largest absolute Gasteiger partial charge is 0.461 e. The summed E-state index contributed by atoms with van der Waals surface area (Å²) in [6.07, 6.45) is -1.59. The van der Waals surface area contributed by atoms with Crippen LogP contribution in [0.1, 0.15) is 27.7 Å². The minimum Gasteiger partial charge on any atom is -0.461 e. The van der Waals surface area contributed by atoms with Crippen molar-refractivity contribution in [2.45, 2.75) is 51.6 Å². The van der Waals surface area contributed by atoms with Crippen LogP contribution in [0, 0.1) is 0 Å². The highest BCUT2D eigenvalue weighted by molar-refractivity contribution is 5.70. The summed E-state index contributed by atoms with van der Waals surface area (Å²) >= 11 is 0. The first kappa shape index (κ1) is 19.6. The highest BCUT2D eigenvalue weighted by Crippen LogP contribution is 2.32. The Balaban J connectivity index is 3.33. The molecule has 0 heterocycles. The first-order valence-corrected chi connectivity index (χ1v) is 7.12. The number of rotatable bonds is 5. The van der Waals surface area contributed by atoms with Crippen molar-refractivity contribution in [1.29, 1.82) is 0 Å². The topological polar surface area (TPSA) is 125 Å². The van der Waals surface area contributed by atoms with E-state index >= 15 is 0 Å². The molecule has 0 spiro atoms. The van der Waals surface area contributed by atoms with Gasteiger partial charge in [0.2, 0.25) is 5.60 Å². The summed E-state index contributed by atoms with van der Waals surface area (Å²) in [5.41, 5.74) is -1.73. The molecule has 1 aliphatic rings. The van der Waals surface area contributed by atoms with Crippen molar-refractivity contribution in [2.75, 3.05) is 6.61 Å². The number of aliphatic hydroxyl groups excluding tert-OH is 1. The summed E-state index contributed by atoms with van der Waals surface area (Å²) in [7, 11) is 0. The quantitative estimate of drug-likeness (QED) is 0.404. The molecule has 0 bridgehead atoms. The Labute approximate surface area is 138 Å². The molecule has 0 aromatic rings. The summed E-state index contributed by atoms with van der Waals surface area (Å²) in [5.74, 6) is -2.91. The van der Waals surface area contributed by atoms with Gasteiger partial charge in [0.1, 0.15) is 12.7 Å². The van der Waals surface area contributed by atoms with Crippen molar-refractivity contribution in [2.24, 2.45) is 0 Å². The Morgan fingerprint density at radius 1 is 0.958 bits per heavy atom. The Hall–Kier alpha value is -2.42. The summed E-state index contributed by atoms with van der Waals surface area (Å²) in [4.78, 5) is 45.4. The molecule has 1 N–H and O–H groups in total. The van der Waals surface area contributed by atoms with Crippen molar-refractivity contribution in [1.82, 2.24) is 0 Å². The van der Waals surface area contributed by atoms with Crippen molar-refractivity contribution in [3.05, 3.63) is 12.2 Å². The number of ether oxygens (including phenoxy) is 4. The molecule has 1 aliphatic carbocycles. The number of hydrogen-bond donors (Lipinski definition) is 1. The summed E-state index contributed by atoms with van der Waals surface area (Å²) in [6, 6.07) is 0. The number of aliphatic hydroxyl groups is 1. The Morgan fingerprint density at radius 2 is 1.54 bits per heavy atom. The van der Waals surface area contributed by atoms with Gasteiger partial charge in [0.15, 0.2) is 12.2 Å². The SMILES string of the molecule is CC(=O)OC[C@]1(OC(C)=O)C=C[C@@H](O)[C@@H](OC(C)=O)[C@@H]1OC(C)=O. The number of carbonyl (C=O) groups excluding carboxylic acids is 4. The highest BCUT2D eigenvalue weighted by Gasteiger charge is 2.54. The van der Waals surface area contributed by atoms with E-state index in [4.69, 9.17) is 18.9 Å². The summed E-state index contributed by atoms with van der Waals surface area (Å²) in [5, 5.41) is 10.0. The summed E-state index contributed by atoms with van der Waals surface area (Å²) < 4.78 is 20.3. The van der Waals surface area contributed by atoms with Crippen LogP contribution in [0.2, 0.25) is 0 Å². The van der Waals surface area contributed by atoms with Gasteiger partial charge in [-0.15, -0.1) is 0 Å². The fraction of sp³-hybridized carbons (Fsp3) is 0.600. The van der Waals surface area contributed by atoms with Crippen molar-refractivity contribution in [3.63, 3.8) is 0 Å². The molecular formula is C15H20O9. The second kappa shape index (κ2) is 7.91. The van der Waals surface area contributed by atoms with E-state index in [0.29, 0.717) is 0 Å². The van der Waals surface area contributed by atoms with Gasteiger partial charge in [0, 0.05) is 27.7 Å². The van der Waals surface area contributed by atoms with Gasteiger partial charge in [-0.2, -0.15) is 0 Å². The minimum atomic E-state index is -1.73. The molecule has 0 aliphatic heterocycles. The van der Waals surface area contributed by atoms with Gasteiger partial charge in [0.25, 0.3) is 0 Å². The van der Waals surface area contributed by atoms with Gasteiger partial charge in [-0.05, 0) is 6.08 Å². The maximum absolute atomic E-state index is 11.5. The van der Waals surface area contributed by atoms with Crippen LogP contribution in [0.25, 0.3) is 0 Å². The van der Waals surface area contributed by atoms with E-state index in [9.17, 15) is 24.3 Å². The van der Waals surface area contributed by atoms with E-state index in [-0.39, 0.29) is 0 Å². The van der Waals surface area contributed by atoms with E-state index in [0.717, 1.165) is 27.7 Å². The van der Waals surface area contributed by atoms with Gasteiger partial charge in [-0.3, -0.25) is 19.2 Å². The van der Waals surface area contributed by atoms with Gasteiger partial charge in [-0.1, -0.05) is 6.08 Å². The lowest BCUT2D eigenvalue weighted by Crippen LogP contribution is -2.61. The van der Waals surface area contributed by atoms with Crippen LogP contribution in [-0.4, -0.2) is 59.5 Å². The molecule has 0 amide bonds. The first-order chi connectivity index (χ1) is 11.1. The van der Waals surface area contributed by atoms with Crippen molar-refractivity contribution >= 4 is 23.9 Å². The van der Waals surface area contributed by atoms with Crippen LogP contribution in [0.15, 0.2) is 12.2 Å². The molecule has 4 atom stereocenters. The standard InChI is InChI=1S/C15H20O9/c1-8(16)21-7-15(24-11(4)19)6-5-12(20)13(22-9(2)17)14(15)23-10(3)18/h5-6,12-14,20H,7H2,1-4H3/t12-,13-,14+,15-/m1/s1. The fourth-order valence-corrected chi connectivity index (χ4v) is 2.33. The van der Waals surface area contributed by atoms with Crippen molar-refractivity contribution < 1.29 is 43.2 Å². The maximum Gasteiger partial charge on any atom is 0.303 e. The minimum absolute atomic E-state index is 0.485. The lowest BCUT2D eigenvalue weighted by molar-refractivity contribution is -0.213. The van der Waals surface area contributed by atoms with Crippen LogP contribution in [-0.2, 0) is 38.1 Å². The van der Waals surface area contributed by atoms with Crippen LogP contribution >= 0.6 is 0 Å². The number of hydrogen-bond acceptors (Lipinski definition) is 9. The molecule has 134 valence electrons. The van der Waals surface area contributed by atoms with Gasteiger partial charge >= 0.3 is 23.9 Å². The fourth-order valence-electron chi connectivity index (χ4n) is 2.33. The molecule has 1 rings (SSSR count). The average molecular weight is 344 g/mol. The zero-order valence-electron chi connectivity index (χ0n) is 13.8. The third-order valence-corrected chi connectivity index (χ3v) is 3.12. The number of carbonyl (C=O) groups is 4. The maximum atomic E-state index is 11.5. The Kier molecular flexibility index (Phi) is 6.47. The predicted molar refractivity (Wildman–Crippen MR) is 77.4 cm³/mol. The van der Waals surface area contributed by atoms with Crippen LogP contribution in [0.5, 0.6) is 0 Å². The van der Waals surface area contributed by atoms with Crippen LogP contribution in [0.4, 0.5) is 0 Å². The van der Waals surface area contributed by atoms with Gasteiger partial charge < -0.3 is 24.1 Å². The average Bonchev–Trinajstić information content (AvgIpc) is 2.43. The molecular weight excluding hydrogens is 324 g/mol. The van der Waals surface area contributed by atoms with Crippen LogP contribution in [0.3, 0.4) is 0 Å². The monoisotopic (exact) mass is 344 g/mol. The molecule has 9 nitrogen and oxygen atoms in total. The third kappa shape index (κ3) is 5.05. The van der Waals surface area contributed by atoms with E-state index in [1.807, 2.05) is 0 Å². The zero-order valence-corrected chi connectivity index (χ0v) is 13.8. The normalized spacial score (nSPS) is 28.6. The van der Waals surface area contributed by atoms with Crippen LogP contribution < -0.4 is 0 Å². The molecule has 24 heavy (non-hydrogen) atoms. The summed E-state index contributed by atoms with van der Waals surface area (Å²) in [6.45, 7) is 3.98. The lowest BCUT2D eigenvalue weighted by Gasteiger charge is -2.43. The Bertz CT molecular complexity index is 553. The molecule has 0 aromatic heterocycles. The Morgan fingerprint density at radius 3 is 2.00 bits per heavy atom. The molecule has 9 heteroatoms. The van der Waals surface area contributed by atoms with Gasteiger partial charge in [-0.25, -0.2) is 0 Å². The molecule has 0 radical (unpaired) electrons. The molecule has 0 aromatic carbocycles. The highest BCUT2D eigenvalue weighted by atomic mass is 16.6. The van der Waals surface area contributed by atoms with E-state index in [2.05, 4.69) is 0 Å². The van der Waals surface area contributed by atoms with E-state index < -0.39 is 54.4 Å². The number of esters is 4. The second-order valence-electron chi connectivity index (χ2n) is 5.28.